The zero-order chi connectivity index (χ0) is 32.7. The molecule has 0 aliphatic carbocycles. The van der Waals surface area contributed by atoms with Crippen LogP contribution in [0.3, 0.4) is 0 Å². The summed E-state index contributed by atoms with van der Waals surface area (Å²) in [6.07, 6.45) is 4.07. The number of rotatable bonds is 11. The van der Waals surface area contributed by atoms with E-state index in [9.17, 15) is 14.4 Å². The molecule has 234 valence electrons. The Balaban J connectivity index is 1.38. The van der Waals surface area contributed by atoms with Gasteiger partial charge in [-0.15, -0.1) is 5.48 Å². The second-order valence-electron chi connectivity index (χ2n) is 10.1. The molecule has 4 rings (SSSR count). The molecule has 45 heavy (non-hydrogen) atoms. The molecule has 2 N–H and O–H groups in total. The fourth-order valence-electron chi connectivity index (χ4n) is 4.33. The molecule has 4 aromatic rings. The highest BCUT2D eigenvalue weighted by atomic mass is 35.5. The van der Waals surface area contributed by atoms with E-state index in [2.05, 4.69) is 15.8 Å². The summed E-state index contributed by atoms with van der Waals surface area (Å²) < 4.78 is 6.17. The van der Waals surface area contributed by atoms with Gasteiger partial charge in [0.2, 0.25) is 5.91 Å². The number of nitrogens with zero attached hydrogens (tertiary/aromatic N) is 4. The first-order chi connectivity index (χ1) is 21.5. The molecule has 11 nitrogen and oxygen atoms in total. The molecular formula is C32H32Cl2N6O5. The summed E-state index contributed by atoms with van der Waals surface area (Å²) in [6, 6.07) is 14.1. The van der Waals surface area contributed by atoms with Crippen molar-refractivity contribution in [2.24, 2.45) is 0 Å². The maximum absolute atomic E-state index is 12.9. The van der Waals surface area contributed by atoms with Gasteiger partial charge >= 0.3 is 5.97 Å². The standard InChI is InChI=1S/C32H32Cl2N6O5/c1-19-15-26(39(3)4)21-7-6-8-27(31(21)38-19)44-18-22-23(33)11-13-25(30(22)34)40(5)28(41)17-37-45-29(42)14-10-20-9-12-24(36-16-20)32(43)35-2/h6-16,37H,17-18H2,1-5H3,(H,35,43)/b14-10+. The van der Waals surface area contributed by atoms with Gasteiger partial charge in [0.05, 0.1) is 10.7 Å². The number of carbonyl (C=O) groups is 3. The molecule has 0 aliphatic heterocycles. The maximum atomic E-state index is 12.9. The number of nitrogens with one attached hydrogen (secondary N) is 2. The second kappa shape index (κ2) is 14.8. The number of halogens is 2. The Morgan fingerprint density at radius 3 is 2.49 bits per heavy atom. The van der Waals surface area contributed by atoms with E-state index < -0.39 is 11.9 Å². The molecular weight excluding hydrogens is 619 g/mol. The molecule has 0 spiro atoms. The lowest BCUT2D eigenvalue weighted by Crippen LogP contribution is -2.36. The summed E-state index contributed by atoms with van der Waals surface area (Å²) in [5.74, 6) is -0.915. The van der Waals surface area contributed by atoms with Crippen molar-refractivity contribution in [2.45, 2.75) is 13.5 Å². The number of hydrogen-bond acceptors (Lipinski definition) is 9. The third kappa shape index (κ3) is 8.07. The van der Waals surface area contributed by atoms with Crippen LogP contribution in [0.15, 0.2) is 60.8 Å². The molecule has 2 heterocycles. The first-order valence-corrected chi connectivity index (χ1v) is 14.5. The molecule has 2 aromatic carbocycles. The molecule has 0 fully saturated rings. The Morgan fingerprint density at radius 1 is 1.02 bits per heavy atom. The second-order valence-corrected chi connectivity index (χ2v) is 10.8. The van der Waals surface area contributed by atoms with Gasteiger partial charge < -0.3 is 24.7 Å². The van der Waals surface area contributed by atoms with Crippen LogP contribution >= 0.6 is 23.2 Å². The number of carbonyl (C=O) groups excluding carboxylic acids is 3. The molecule has 0 bridgehead atoms. The molecule has 0 aliphatic rings. The predicted molar refractivity (Wildman–Crippen MR) is 176 cm³/mol. The van der Waals surface area contributed by atoms with Crippen molar-refractivity contribution in [3.05, 3.63) is 93.4 Å². The average Bonchev–Trinajstić information content (AvgIpc) is 3.02. The molecule has 0 atom stereocenters. The molecule has 2 amide bonds. The third-order valence-electron chi connectivity index (χ3n) is 6.72. The lowest BCUT2D eigenvalue weighted by molar-refractivity contribution is -0.145. The van der Waals surface area contributed by atoms with Crippen LogP contribution in [0.5, 0.6) is 5.75 Å². The van der Waals surface area contributed by atoms with Crippen LogP contribution in [0.2, 0.25) is 10.0 Å². The van der Waals surface area contributed by atoms with Crippen LogP contribution in [0, 0.1) is 6.92 Å². The van der Waals surface area contributed by atoms with Gasteiger partial charge in [-0.3, -0.25) is 14.6 Å². The van der Waals surface area contributed by atoms with E-state index in [1.807, 2.05) is 50.2 Å². The van der Waals surface area contributed by atoms with Crippen molar-refractivity contribution in [1.29, 1.82) is 0 Å². The number of hydrogen-bond donors (Lipinski definition) is 2. The van der Waals surface area contributed by atoms with Crippen molar-refractivity contribution in [1.82, 2.24) is 20.8 Å². The summed E-state index contributed by atoms with van der Waals surface area (Å²) >= 11 is 13.2. The fourth-order valence-corrected chi connectivity index (χ4v) is 4.93. The first-order valence-electron chi connectivity index (χ1n) is 13.7. The minimum atomic E-state index is -0.736. The highest BCUT2D eigenvalue weighted by Gasteiger charge is 2.20. The van der Waals surface area contributed by atoms with Crippen molar-refractivity contribution >= 4 is 69.3 Å². The van der Waals surface area contributed by atoms with E-state index in [0.717, 1.165) is 22.8 Å². The van der Waals surface area contributed by atoms with Gasteiger partial charge in [-0.05, 0) is 48.9 Å². The number of para-hydroxylation sites is 1. The van der Waals surface area contributed by atoms with Crippen molar-refractivity contribution < 1.29 is 24.0 Å². The fraction of sp³-hybridized carbons (Fsp3) is 0.219. The molecule has 2 aromatic heterocycles. The van der Waals surface area contributed by atoms with Gasteiger partial charge in [0.15, 0.2) is 0 Å². The van der Waals surface area contributed by atoms with Crippen molar-refractivity contribution in [3.63, 3.8) is 0 Å². The van der Waals surface area contributed by atoms with Crippen LogP contribution in [0.4, 0.5) is 11.4 Å². The summed E-state index contributed by atoms with van der Waals surface area (Å²) in [5.41, 5.74) is 6.66. The summed E-state index contributed by atoms with van der Waals surface area (Å²) in [7, 11) is 6.99. The molecule has 0 saturated heterocycles. The Kier molecular flexibility index (Phi) is 10.9. The van der Waals surface area contributed by atoms with Gasteiger partial charge in [-0.1, -0.05) is 41.4 Å². The minimum absolute atomic E-state index is 0.0335. The van der Waals surface area contributed by atoms with E-state index in [1.54, 1.807) is 25.2 Å². The quantitative estimate of drug-likeness (QED) is 0.171. The van der Waals surface area contributed by atoms with E-state index in [4.69, 9.17) is 37.8 Å². The number of anilines is 2. The topological polar surface area (TPSA) is 126 Å². The zero-order valence-corrected chi connectivity index (χ0v) is 26.9. The third-order valence-corrected chi connectivity index (χ3v) is 7.49. The monoisotopic (exact) mass is 650 g/mol. The summed E-state index contributed by atoms with van der Waals surface area (Å²) in [4.78, 5) is 53.6. The van der Waals surface area contributed by atoms with Crippen LogP contribution in [-0.2, 0) is 21.0 Å². The highest BCUT2D eigenvalue weighted by Crippen LogP contribution is 2.36. The number of amides is 2. The lowest BCUT2D eigenvalue weighted by Gasteiger charge is -2.21. The molecule has 0 saturated carbocycles. The molecule has 0 unspecified atom stereocenters. The smallest absolute Gasteiger partial charge is 0.349 e. The van der Waals surface area contributed by atoms with Crippen LogP contribution in [-0.4, -0.2) is 62.5 Å². The number of fused-ring (bicyclic) bond motifs is 1. The maximum Gasteiger partial charge on any atom is 0.349 e. The normalized spacial score (nSPS) is 11.0. The summed E-state index contributed by atoms with van der Waals surface area (Å²) in [6.45, 7) is 1.64. The highest BCUT2D eigenvalue weighted by molar-refractivity contribution is 6.38. The Labute approximate surface area is 270 Å². The van der Waals surface area contributed by atoms with Gasteiger partial charge in [-0.25, -0.2) is 9.78 Å². The van der Waals surface area contributed by atoms with E-state index >= 15 is 0 Å². The predicted octanol–water partition coefficient (Wildman–Crippen LogP) is 4.97. The number of aromatic nitrogens is 2. The number of benzene rings is 2. The van der Waals surface area contributed by atoms with Gasteiger partial charge in [0.25, 0.3) is 5.91 Å². The van der Waals surface area contributed by atoms with E-state index in [1.165, 1.54) is 30.3 Å². The van der Waals surface area contributed by atoms with E-state index in [-0.39, 0.29) is 29.8 Å². The van der Waals surface area contributed by atoms with Crippen LogP contribution in [0.1, 0.15) is 27.3 Å². The van der Waals surface area contributed by atoms with Gasteiger partial charge in [-0.2, -0.15) is 0 Å². The molecule has 0 radical (unpaired) electrons. The van der Waals surface area contributed by atoms with Crippen molar-refractivity contribution in [2.75, 3.05) is 44.5 Å². The Hall–Kier alpha value is -4.71. The van der Waals surface area contributed by atoms with Crippen LogP contribution in [0.25, 0.3) is 17.0 Å². The number of ether oxygens (including phenoxy) is 1. The number of pyridine rings is 2. The number of hydroxylamine groups is 1. The SMILES string of the molecule is CNC(=O)c1ccc(/C=C/C(=O)ONCC(=O)N(C)c2ccc(Cl)c(COc3cccc4c(N(C)C)cc(C)nc34)c2Cl)cn1. The largest absolute Gasteiger partial charge is 0.487 e. The van der Waals surface area contributed by atoms with Gasteiger partial charge in [0.1, 0.15) is 30.1 Å². The van der Waals surface area contributed by atoms with Crippen LogP contribution < -0.4 is 25.3 Å². The lowest BCUT2D eigenvalue weighted by atomic mass is 10.1. The Morgan fingerprint density at radius 2 is 1.80 bits per heavy atom. The first kappa shape index (κ1) is 33.2. The Bertz CT molecular complexity index is 1760. The van der Waals surface area contributed by atoms with Gasteiger partial charge in [0, 0.05) is 67.8 Å². The zero-order valence-electron chi connectivity index (χ0n) is 25.4. The minimum Gasteiger partial charge on any atom is -0.487 e. The average molecular weight is 652 g/mol. The molecule has 13 heteroatoms. The van der Waals surface area contributed by atoms with Crippen molar-refractivity contribution in [3.8, 4) is 5.75 Å². The number of aryl methyl sites for hydroxylation is 1. The summed E-state index contributed by atoms with van der Waals surface area (Å²) in [5, 5.41) is 4.04. The van der Waals surface area contributed by atoms with E-state index in [0.29, 0.717) is 33.1 Å². The number of likely N-dealkylation sites (N-methyl/N-ethyl adjacent to an activating group) is 1.